The number of carbonyl (C=O) groups is 3. The first-order valence-corrected chi connectivity index (χ1v) is 13.5. The lowest BCUT2D eigenvalue weighted by Gasteiger charge is -2.17. The van der Waals surface area contributed by atoms with E-state index >= 15 is 0 Å². The SMILES string of the molecule is COCCNC(=O)c1cc(OCc2cccc(OCCCC(=O)O)c2CCC(=O)O)cc(-c2ccc3c(c2)OCO3)c1. The van der Waals surface area contributed by atoms with Crippen LogP contribution in [0.5, 0.6) is 23.0 Å². The summed E-state index contributed by atoms with van der Waals surface area (Å²) in [5, 5.41) is 21.0. The number of carboxylic acids is 2. The van der Waals surface area contributed by atoms with Gasteiger partial charge in [0, 0.05) is 37.6 Å². The normalized spacial score (nSPS) is 11.6. The largest absolute Gasteiger partial charge is 0.493 e. The summed E-state index contributed by atoms with van der Waals surface area (Å²) < 4.78 is 28.0. The van der Waals surface area contributed by atoms with Crippen LogP contribution in [0, 0.1) is 0 Å². The van der Waals surface area contributed by atoms with Crippen LogP contribution in [0.25, 0.3) is 11.1 Å². The van der Waals surface area contributed by atoms with Gasteiger partial charge in [0.05, 0.1) is 13.2 Å². The Morgan fingerprint density at radius 1 is 0.881 bits per heavy atom. The maximum atomic E-state index is 13.0. The molecule has 3 N–H and O–H groups in total. The third kappa shape index (κ3) is 8.37. The van der Waals surface area contributed by atoms with Crippen LogP contribution in [-0.2, 0) is 27.4 Å². The van der Waals surface area contributed by atoms with Gasteiger partial charge in [0.15, 0.2) is 11.5 Å². The predicted octanol–water partition coefficient (Wildman–Crippen LogP) is 4.30. The van der Waals surface area contributed by atoms with E-state index in [1.165, 1.54) is 0 Å². The monoisotopic (exact) mass is 579 g/mol. The highest BCUT2D eigenvalue weighted by Gasteiger charge is 2.17. The van der Waals surface area contributed by atoms with Crippen molar-refractivity contribution in [1.29, 1.82) is 0 Å². The number of nitrogens with one attached hydrogen (secondary N) is 1. The van der Waals surface area contributed by atoms with Crippen molar-refractivity contribution in [3.63, 3.8) is 0 Å². The number of amides is 1. The molecule has 3 aromatic carbocycles. The van der Waals surface area contributed by atoms with Crippen molar-refractivity contribution in [1.82, 2.24) is 5.32 Å². The maximum absolute atomic E-state index is 13.0. The summed E-state index contributed by atoms with van der Waals surface area (Å²) in [6, 6.07) is 16.0. The van der Waals surface area contributed by atoms with Crippen LogP contribution in [0.4, 0.5) is 0 Å². The lowest BCUT2D eigenvalue weighted by Crippen LogP contribution is -2.27. The summed E-state index contributed by atoms with van der Waals surface area (Å²) in [4.78, 5) is 35.1. The van der Waals surface area contributed by atoms with Crippen molar-refractivity contribution >= 4 is 17.8 Å². The van der Waals surface area contributed by atoms with Crippen LogP contribution in [-0.4, -0.2) is 61.7 Å². The summed E-state index contributed by atoms with van der Waals surface area (Å²) in [6.07, 6.45) is 0.367. The molecule has 1 aliphatic heterocycles. The minimum absolute atomic E-state index is 0.0334. The smallest absolute Gasteiger partial charge is 0.303 e. The first-order chi connectivity index (χ1) is 20.3. The van der Waals surface area contributed by atoms with E-state index in [1.807, 2.05) is 24.3 Å². The van der Waals surface area contributed by atoms with E-state index in [1.54, 1.807) is 37.4 Å². The van der Waals surface area contributed by atoms with Crippen molar-refractivity contribution in [3.05, 3.63) is 71.3 Å². The molecule has 42 heavy (non-hydrogen) atoms. The summed E-state index contributed by atoms with van der Waals surface area (Å²) >= 11 is 0. The molecule has 0 bridgehead atoms. The Labute approximate surface area is 242 Å². The molecular weight excluding hydrogens is 546 g/mol. The van der Waals surface area contributed by atoms with E-state index < -0.39 is 11.9 Å². The third-order valence-electron chi connectivity index (χ3n) is 6.47. The van der Waals surface area contributed by atoms with E-state index in [2.05, 4.69) is 5.32 Å². The highest BCUT2D eigenvalue weighted by atomic mass is 16.7. The second-order valence-corrected chi connectivity index (χ2v) is 9.48. The standard InChI is InChI=1S/C31H33NO10/c1-38-13-11-32-31(37)23-14-22(20-7-9-27-28(17-20)42-19-41-27)15-24(16-23)40-18-21-4-2-5-26(25(21)8-10-30(35)36)39-12-3-6-29(33)34/h2,4-5,7,9,14-17H,3,6,8,10-13,18-19H2,1H3,(H,32,37)(H,33,34)(H,35,36). The minimum Gasteiger partial charge on any atom is -0.493 e. The maximum Gasteiger partial charge on any atom is 0.303 e. The van der Waals surface area contributed by atoms with Gasteiger partial charge in [0.25, 0.3) is 5.91 Å². The molecule has 0 spiro atoms. The summed E-state index contributed by atoms with van der Waals surface area (Å²) in [5.41, 5.74) is 3.29. The average Bonchev–Trinajstić information content (AvgIpc) is 3.45. The summed E-state index contributed by atoms with van der Waals surface area (Å²) in [5.74, 6) is -0.00652. The number of hydrogen-bond donors (Lipinski definition) is 3. The Bertz CT molecular complexity index is 1420. The third-order valence-corrected chi connectivity index (χ3v) is 6.47. The van der Waals surface area contributed by atoms with Crippen molar-refractivity contribution < 1.29 is 48.3 Å². The number of methoxy groups -OCH3 is 1. The van der Waals surface area contributed by atoms with Crippen LogP contribution in [0.1, 0.15) is 40.7 Å². The highest BCUT2D eigenvalue weighted by Crippen LogP contribution is 2.37. The summed E-state index contributed by atoms with van der Waals surface area (Å²) in [6.45, 7) is 1.10. The van der Waals surface area contributed by atoms with Crippen molar-refractivity contribution in [2.75, 3.05) is 33.7 Å². The number of fused-ring (bicyclic) bond motifs is 1. The first-order valence-electron chi connectivity index (χ1n) is 13.5. The molecule has 0 radical (unpaired) electrons. The Morgan fingerprint density at radius 2 is 1.69 bits per heavy atom. The van der Waals surface area contributed by atoms with Gasteiger partial charge in [-0.1, -0.05) is 18.2 Å². The van der Waals surface area contributed by atoms with E-state index in [4.69, 9.17) is 28.8 Å². The van der Waals surface area contributed by atoms with E-state index in [9.17, 15) is 19.5 Å². The number of carbonyl (C=O) groups excluding carboxylic acids is 1. The predicted molar refractivity (Wildman–Crippen MR) is 151 cm³/mol. The summed E-state index contributed by atoms with van der Waals surface area (Å²) in [7, 11) is 1.55. The van der Waals surface area contributed by atoms with Gasteiger partial charge in [-0.15, -0.1) is 0 Å². The second-order valence-electron chi connectivity index (χ2n) is 9.48. The second kappa shape index (κ2) is 14.7. The fourth-order valence-corrected chi connectivity index (χ4v) is 4.39. The van der Waals surface area contributed by atoms with Gasteiger partial charge in [0.1, 0.15) is 18.1 Å². The van der Waals surface area contributed by atoms with Crippen molar-refractivity contribution in [3.8, 4) is 34.1 Å². The molecule has 222 valence electrons. The molecule has 11 heteroatoms. The average molecular weight is 580 g/mol. The number of rotatable bonds is 16. The number of hydrogen-bond acceptors (Lipinski definition) is 8. The molecule has 3 aromatic rings. The molecule has 0 saturated carbocycles. The quantitative estimate of drug-likeness (QED) is 0.210. The Morgan fingerprint density at radius 3 is 2.48 bits per heavy atom. The molecule has 0 aromatic heterocycles. The van der Waals surface area contributed by atoms with Crippen LogP contribution < -0.4 is 24.3 Å². The van der Waals surface area contributed by atoms with Crippen molar-refractivity contribution in [2.24, 2.45) is 0 Å². The molecule has 1 amide bonds. The van der Waals surface area contributed by atoms with Crippen molar-refractivity contribution in [2.45, 2.75) is 32.3 Å². The van der Waals surface area contributed by atoms with E-state index in [0.29, 0.717) is 59.3 Å². The molecule has 0 atom stereocenters. The van der Waals surface area contributed by atoms with Crippen LogP contribution >= 0.6 is 0 Å². The number of ether oxygens (including phenoxy) is 5. The molecule has 0 fully saturated rings. The van der Waals surface area contributed by atoms with Gasteiger partial charge >= 0.3 is 11.9 Å². The lowest BCUT2D eigenvalue weighted by atomic mass is 10.0. The van der Waals surface area contributed by atoms with E-state index in [-0.39, 0.29) is 45.2 Å². The lowest BCUT2D eigenvalue weighted by molar-refractivity contribution is -0.138. The van der Waals surface area contributed by atoms with Gasteiger partial charge in [-0.2, -0.15) is 0 Å². The molecule has 0 unspecified atom stereocenters. The molecular formula is C31H33NO10. The Kier molecular flexibility index (Phi) is 10.6. The molecule has 0 saturated heterocycles. The van der Waals surface area contributed by atoms with Gasteiger partial charge in [-0.3, -0.25) is 14.4 Å². The van der Waals surface area contributed by atoms with Crippen LogP contribution in [0.3, 0.4) is 0 Å². The minimum atomic E-state index is -0.955. The topological polar surface area (TPSA) is 150 Å². The van der Waals surface area contributed by atoms with Crippen LogP contribution in [0.15, 0.2) is 54.6 Å². The first kappa shape index (κ1) is 30.2. The van der Waals surface area contributed by atoms with Crippen LogP contribution in [0.2, 0.25) is 0 Å². The number of aliphatic carboxylic acids is 2. The fraction of sp³-hybridized carbons (Fsp3) is 0.323. The number of carboxylic acid groups (broad SMARTS) is 2. The molecule has 1 aliphatic rings. The molecule has 0 aliphatic carbocycles. The highest BCUT2D eigenvalue weighted by molar-refractivity contribution is 5.96. The zero-order valence-corrected chi connectivity index (χ0v) is 23.2. The van der Waals surface area contributed by atoms with Gasteiger partial charge < -0.3 is 39.2 Å². The zero-order valence-electron chi connectivity index (χ0n) is 23.2. The van der Waals surface area contributed by atoms with Gasteiger partial charge in [0.2, 0.25) is 6.79 Å². The molecule has 1 heterocycles. The van der Waals surface area contributed by atoms with Gasteiger partial charge in [-0.25, -0.2) is 0 Å². The zero-order chi connectivity index (χ0) is 29.9. The van der Waals surface area contributed by atoms with E-state index in [0.717, 1.165) is 11.1 Å². The Balaban J connectivity index is 1.60. The number of benzene rings is 3. The fourth-order valence-electron chi connectivity index (χ4n) is 4.39. The van der Waals surface area contributed by atoms with Gasteiger partial charge in [-0.05, 0) is 65.9 Å². The Hall–Kier alpha value is -4.77. The molecule has 11 nitrogen and oxygen atoms in total. The molecule has 4 rings (SSSR count).